The van der Waals surface area contributed by atoms with Crippen LogP contribution in [0.4, 0.5) is 0 Å². The number of hydrogen-bond donors (Lipinski definition) is 2. The molecule has 0 spiro atoms. The van der Waals surface area contributed by atoms with Crippen molar-refractivity contribution >= 4 is 27.4 Å². The van der Waals surface area contributed by atoms with E-state index in [1.807, 2.05) is 36.6 Å². The van der Waals surface area contributed by atoms with Crippen LogP contribution in [0.3, 0.4) is 0 Å². The number of carbonyl (C=O) groups excluding carboxylic acids is 1. The molecule has 1 aliphatic carbocycles. The zero-order valence-corrected chi connectivity index (χ0v) is 21.9. The molecule has 1 aliphatic rings. The second-order valence-corrected chi connectivity index (χ2v) is 11.0. The molecule has 0 bridgehead atoms. The number of benzene rings is 1. The highest BCUT2D eigenvalue weighted by atomic mass is 32.2. The fourth-order valence-corrected chi connectivity index (χ4v) is 5.65. The van der Waals surface area contributed by atoms with Gasteiger partial charge in [0, 0.05) is 17.7 Å². The van der Waals surface area contributed by atoms with E-state index in [0.29, 0.717) is 53.5 Å². The molecule has 0 unspecified atom stereocenters. The van der Waals surface area contributed by atoms with Crippen LogP contribution in [0.1, 0.15) is 46.3 Å². The Labute approximate surface area is 219 Å². The van der Waals surface area contributed by atoms with Gasteiger partial charge in [0.1, 0.15) is 12.9 Å². The van der Waals surface area contributed by atoms with Crippen molar-refractivity contribution < 1.29 is 32.0 Å². The first-order valence-corrected chi connectivity index (χ1v) is 14.2. The molecule has 37 heavy (non-hydrogen) atoms. The first-order valence-electron chi connectivity index (χ1n) is 11.8. The van der Waals surface area contributed by atoms with Crippen molar-refractivity contribution in [2.45, 2.75) is 38.9 Å². The second-order valence-electron chi connectivity index (χ2n) is 8.85. The first kappa shape index (κ1) is 27.1. The molecule has 3 aromatic rings. The van der Waals surface area contributed by atoms with E-state index >= 15 is 0 Å². The van der Waals surface area contributed by atoms with E-state index in [-0.39, 0.29) is 30.8 Å². The maximum Gasteiger partial charge on any atom is 0.333 e. The minimum atomic E-state index is -4.07. The highest BCUT2D eigenvalue weighted by Gasteiger charge is 2.35. The van der Waals surface area contributed by atoms with Crippen molar-refractivity contribution in [3.8, 4) is 11.5 Å². The molecule has 3 N–H and O–H groups in total. The van der Waals surface area contributed by atoms with E-state index in [1.165, 1.54) is 23.9 Å². The van der Waals surface area contributed by atoms with Gasteiger partial charge in [-0.05, 0) is 55.7 Å². The van der Waals surface area contributed by atoms with Crippen LogP contribution in [0, 0.1) is 11.8 Å². The van der Waals surface area contributed by atoms with Gasteiger partial charge < -0.3 is 14.6 Å². The molecule has 10 nitrogen and oxygen atoms in total. The van der Waals surface area contributed by atoms with E-state index < -0.39 is 16.4 Å². The molecule has 0 amide bonds. The largest absolute Gasteiger partial charge is 0.490 e. The van der Waals surface area contributed by atoms with Crippen molar-refractivity contribution in [1.29, 1.82) is 0 Å². The Balaban J connectivity index is 1.40. The third-order valence-corrected chi connectivity index (χ3v) is 7.59. The number of aliphatic hydroxyl groups is 1. The molecule has 0 aliphatic heterocycles. The molecule has 0 radical (unpaired) electrons. The van der Waals surface area contributed by atoms with Gasteiger partial charge in [0.15, 0.2) is 11.5 Å². The van der Waals surface area contributed by atoms with Gasteiger partial charge in [0.05, 0.1) is 35.5 Å². The third kappa shape index (κ3) is 7.33. The summed E-state index contributed by atoms with van der Waals surface area (Å²) in [7, 11) is -4.07. The van der Waals surface area contributed by atoms with E-state index in [9.17, 15) is 18.3 Å². The monoisotopic (exact) mass is 547 g/mol. The summed E-state index contributed by atoms with van der Waals surface area (Å²) in [5.41, 5.74) is 1.84. The van der Waals surface area contributed by atoms with E-state index in [2.05, 4.69) is 14.2 Å². The Morgan fingerprint density at radius 1 is 1.22 bits per heavy atom. The number of nitrogens with two attached hydrogens (primary N) is 1. The first-order chi connectivity index (χ1) is 17.7. The average Bonchev–Trinajstić information content (AvgIpc) is 3.48. The Morgan fingerprint density at radius 3 is 2.70 bits per heavy atom. The van der Waals surface area contributed by atoms with Gasteiger partial charge in [-0.3, -0.25) is 8.98 Å². The maximum atomic E-state index is 13.3. The average molecular weight is 548 g/mol. The molecule has 2 aromatic heterocycles. The summed E-state index contributed by atoms with van der Waals surface area (Å²) in [5, 5.41) is 17.1. The van der Waals surface area contributed by atoms with Crippen molar-refractivity contribution in [1.82, 2.24) is 9.97 Å². The number of aliphatic hydroxyl groups excluding tert-OH is 1. The van der Waals surface area contributed by atoms with Crippen molar-refractivity contribution in [2.75, 3.05) is 13.2 Å². The number of carbonyl (C=O) groups is 1. The van der Waals surface area contributed by atoms with E-state index in [0.717, 1.165) is 5.56 Å². The summed E-state index contributed by atoms with van der Waals surface area (Å²) in [6.45, 7) is 2.54. The van der Waals surface area contributed by atoms with Crippen molar-refractivity contribution in [3.05, 3.63) is 69.9 Å². The number of thiophene rings is 1. The lowest BCUT2D eigenvalue weighted by molar-refractivity contribution is 0.100. The molecule has 12 heteroatoms. The summed E-state index contributed by atoms with van der Waals surface area (Å²) in [4.78, 5) is 22.3. The third-order valence-electron chi connectivity index (χ3n) is 6.14. The molecule has 2 heterocycles. The number of ether oxygens (including phenoxy) is 2. The summed E-state index contributed by atoms with van der Waals surface area (Å²) in [5.74, 6) is 0.751. The van der Waals surface area contributed by atoms with E-state index in [4.69, 9.17) is 14.6 Å². The van der Waals surface area contributed by atoms with Crippen LogP contribution in [0.25, 0.3) is 0 Å². The Morgan fingerprint density at radius 2 is 1.97 bits per heavy atom. The molecule has 1 saturated carbocycles. The van der Waals surface area contributed by atoms with Gasteiger partial charge in [-0.15, -0.1) is 11.3 Å². The minimum Gasteiger partial charge on any atom is -0.490 e. The Bertz CT molecular complexity index is 1330. The normalized spacial score (nSPS) is 19.6. The second kappa shape index (κ2) is 12.1. The van der Waals surface area contributed by atoms with Gasteiger partial charge in [-0.2, -0.15) is 8.42 Å². The molecule has 1 aromatic carbocycles. The van der Waals surface area contributed by atoms with Gasteiger partial charge in [-0.1, -0.05) is 12.1 Å². The van der Waals surface area contributed by atoms with Crippen LogP contribution in [0.2, 0.25) is 0 Å². The maximum absolute atomic E-state index is 13.3. The zero-order valence-electron chi connectivity index (χ0n) is 20.3. The lowest BCUT2D eigenvalue weighted by Gasteiger charge is -2.13. The number of rotatable bonds is 12. The number of ketones is 1. The van der Waals surface area contributed by atoms with Gasteiger partial charge in [0.2, 0.25) is 5.78 Å². The summed E-state index contributed by atoms with van der Waals surface area (Å²) < 4.78 is 38.3. The standard InChI is InChI=1S/C25H29N3O7S2/c1-2-33-22-5-3-4-6-23(22)34-12-17-10-24(36-14-17)25(30)19-11-27-15-28-20(19)8-16-7-18(21(29)9-16)13-35-37(26,31)32/h3-6,10-11,14-16,18,21,29H,2,7-9,12-13H2,1H3,(H2,26,31,32)/t16-,18+,21-/m0/s1. The van der Waals surface area contributed by atoms with Crippen LogP contribution >= 0.6 is 11.3 Å². The fourth-order valence-electron chi connectivity index (χ4n) is 4.43. The molecule has 0 saturated heterocycles. The minimum absolute atomic E-state index is 0.00299. The van der Waals surface area contributed by atoms with Gasteiger partial charge >= 0.3 is 10.3 Å². The van der Waals surface area contributed by atoms with Crippen LogP contribution in [-0.2, 0) is 27.5 Å². The molecular formula is C25H29N3O7S2. The molecule has 4 rings (SSSR count). The number of aromatic nitrogens is 2. The number of para-hydroxylation sites is 2. The molecular weight excluding hydrogens is 518 g/mol. The van der Waals surface area contributed by atoms with Crippen LogP contribution in [0.15, 0.2) is 48.2 Å². The van der Waals surface area contributed by atoms with Crippen LogP contribution < -0.4 is 14.6 Å². The highest BCUT2D eigenvalue weighted by molar-refractivity contribution is 7.84. The molecule has 3 atom stereocenters. The number of hydrogen-bond acceptors (Lipinski definition) is 10. The zero-order chi connectivity index (χ0) is 26.4. The number of nitrogens with zero attached hydrogens (tertiary/aromatic N) is 2. The smallest absolute Gasteiger partial charge is 0.333 e. The predicted molar refractivity (Wildman–Crippen MR) is 137 cm³/mol. The van der Waals surface area contributed by atoms with E-state index in [1.54, 1.807) is 6.07 Å². The summed E-state index contributed by atoms with van der Waals surface area (Å²) in [6, 6.07) is 9.23. The predicted octanol–water partition coefficient (Wildman–Crippen LogP) is 2.90. The Hall–Kier alpha value is -2.90. The summed E-state index contributed by atoms with van der Waals surface area (Å²) in [6.07, 6.45) is 3.59. The quantitative estimate of drug-likeness (QED) is 0.326. The van der Waals surface area contributed by atoms with Crippen LogP contribution in [0.5, 0.6) is 11.5 Å². The molecule has 1 fully saturated rings. The Kier molecular flexibility index (Phi) is 8.87. The highest BCUT2D eigenvalue weighted by Crippen LogP contribution is 2.35. The fraction of sp³-hybridized carbons (Fsp3) is 0.400. The van der Waals surface area contributed by atoms with Crippen molar-refractivity contribution in [3.63, 3.8) is 0 Å². The molecule has 198 valence electrons. The lowest BCUT2D eigenvalue weighted by Crippen LogP contribution is -2.24. The van der Waals surface area contributed by atoms with Crippen LogP contribution in [-0.4, -0.2) is 48.6 Å². The van der Waals surface area contributed by atoms with Crippen molar-refractivity contribution in [2.24, 2.45) is 17.0 Å². The van der Waals surface area contributed by atoms with Gasteiger partial charge in [-0.25, -0.2) is 15.1 Å². The van der Waals surface area contributed by atoms with Gasteiger partial charge in [0.25, 0.3) is 0 Å². The SMILES string of the molecule is CCOc1ccccc1OCc1csc(C(=O)c2cncnc2C[C@@H]2C[C@H](COS(N)(=O)=O)[C@@H](O)C2)c1. The lowest BCUT2D eigenvalue weighted by atomic mass is 9.96. The topological polar surface area (TPSA) is 151 Å². The summed E-state index contributed by atoms with van der Waals surface area (Å²) >= 11 is 1.32.